The molecule has 0 aliphatic heterocycles. The third-order valence-electron chi connectivity index (χ3n) is 2.62. The summed E-state index contributed by atoms with van der Waals surface area (Å²) in [5.74, 6) is -0.571. The first-order chi connectivity index (χ1) is 9.60. The van der Waals surface area contributed by atoms with Crippen molar-refractivity contribution in [1.29, 1.82) is 0 Å². The van der Waals surface area contributed by atoms with Crippen LogP contribution in [-0.2, 0) is 14.3 Å². The van der Waals surface area contributed by atoms with Crippen LogP contribution in [0.2, 0.25) is 0 Å². The van der Waals surface area contributed by atoms with E-state index < -0.39 is 6.10 Å². The van der Waals surface area contributed by atoms with Gasteiger partial charge in [0.2, 0.25) is 5.91 Å². The maximum Gasteiger partial charge on any atom is 0.267 e. The lowest BCUT2D eigenvalue weighted by Gasteiger charge is -2.24. The average molecular weight is 276 g/mol. The van der Waals surface area contributed by atoms with Crippen LogP contribution in [0.15, 0.2) is 43.0 Å². The molecule has 0 radical (unpaired) electrons. The number of benzene rings is 1. The quantitative estimate of drug-likeness (QED) is 0.639. The molecule has 0 aliphatic rings. The Kier molecular flexibility index (Phi) is 6.46. The summed E-state index contributed by atoms with van der Waals surface area (Å²) in [7, 11) is 0. The number of ether oxygens (including phenoxy) is 1. The van der Waals surface area contributed by atoms with Gasteiger partial charge < -0.3 is 4.74 Å². The van der Waals surface area contributed by atoms with Crippen molar-refractivity contribution >= 4 is 17.5 Å². The predicted octanol–water partition coefficient (Wildman–Crippen LogP) is 2.05. The molecule has 1 aromatic rings. The molecule has 1 rings (SSSR count). The van der Waals surface area contributed by atoms with Crippen molar-refractivity contribution in [3.8, 4) is 0 Å². The normalized spacial score (nSPS) is 11.5. The van der Waals surface area contributed by atoms with E-state index in [0.29, 0.717) is 5.69 Å². The van der Waals surface area contributed by atoms with Gasteiger partial charge in [-0.2, -0.15) is 0 Å². The van der Waals surface area contributed by atoms with Crippen molar-refractivity contribution in [2.24, 2.45) is 0 Å². The first-order valence-electron chi connectivity index (χ1n) is 6.51. The van der Waals surface area contributed by atoms with Crippen LogP contribution in [-0.4, -0.2) is 24.5 Å². The first kappa shape index (κ1) is 15.9. The molecule has 0 saturated heterocycles. The zero-order chi connectivity index (χ0) is 15.0. The minimum Gasteiger partial charge on any atom is -0.365 e. The van der Waals surface area contributed by atoms with E-state index in [0.717, 1.165) is 0 Å². The number of carbonyl (C=O) groups is 2. The molecule has 2 amide bonds. The van der Waals surface area contributed by atoms with E-state index in [1.54, 1.807) is 44.2 Å². The van der Waals surface area contributed by atoms with Gasteiger partial charge in [-0.05, 0) is 19.1 Å². The zero-order valence-electron chi connectivity index (χ0n) is 11.8. The maximum atomic E-state index is 12.0. The van der Waals surface area contributed by atoms with E-state index in [4.69, 9.17) is 4.74 Å². The van der Waals surface area contributed by atoms with Gasteiger partial charge in [-0.3, -0.25) is 15.0 Å². The number of nitrogens with one attached hydrogen (secondary N) is 1. The van der Waals surface area contributed by atoms with Crippen molar-refractivity contribution in [1.82, 2.24) is 5.43 Å². The van der Waals surface area contributed by atoms with Crippen LogP contribution in [0.5, 0.6) is 0 Å². The van der Waals surface area contributed by atoms with Gasteiger partial charge in [0, 0.05) is 6.42 Å². The third kappa shape index (κ3) is 4.51. The molecule has 5 heteroatoms. The highest BCUT2D eigenvalue weighted by molar-refractivity contribution is 5.96. The summed E-state index contributed by atoms with van der Waals surface area (Å²) in [6.45, 7) is 7.16. The molecule has 1 atom stereocenters. The van der Waals surface area contributed by atoms with Crippen LogP contribution in [0.3, 0.4) is 0 Å². The number of anilines is 1. The Hall–Kier alpha value is -2.14. The molecule has 0 fully saturated rings. The molecular weight excluding hydrogens is 256 g/mol. The molecule has 0 aromatic heterocycles. The van der Waals surface area contributed by atoms with Crippen LogP contribution < -0.4 is 10.4 Å². The number of hydrazine groups is 1. The Labute approximate surface area is 119 Å². The minimum absolute atomic E-state index is 0.194. The van der Waals surface area contributed by atoms with Gasteiger partial charge in [0.25, 0.3) is 5.91 Å². The Morgan fingerprint density at radius 2 is 2.05 bits per heavy atom. The number of carbonyl (C=O) groups excluding carboxylic acids is 2. The van der Waals surface area contributed by atoms with Crippen molar-refractivity contribution in [3.05, 3.63) is 43.0 Å². The van der Waals surface area contributed by atoms with Gasteiger partial charge in [0.05, 0.1) is 12.3 Å². The smallest absolute Gasteiger partial charge is 0.267 e. The summed E-state index contributed by atoms with van der Waals surface area (Å²) >= 11 is 0. The van der Waals surface area contributed by atoms with Crippen LogP contribution >= 0.6 is 0 Å². The highest BCUT2D eigenvalue weighted by Gasteiger charge is 2.20. The number of hydrogen-bond acceptors (Lipinski definition) is 3. The minimum atomic E-state index is -0.663. The fourth-order valence-corrected chi connectivity index (χ4v) is 1.50. The number of hydrogen-bond donors (Lipinski definition) is 1. The Bertz CT molecular complexity index is 459. The fourth-order valence-electron chi connectivity index (χ4n) is 1.50. The molecule has 1 N–H and O–H groups in total. The Morgan fingerprint density at radius 1 is 1.40 bits per heavy atom. The predicted molar refractivity (Wildman–Crippen MR) is 78.0 cm³/mol. The summed E-state index contributed by atoms with van der Waals surface area (Å²) in [6.07, 6.45) is 1.19. The van der Waals surface area contributed by atoms with Crippen molar-refractivity contribution < 1.29 is 14.3 Å². The van der Waals surface area contributed by atoms with Gasteiger partial charge in [-0.15, -0.1) is 6.58 Å². The van der Waals surface area contributed by atoms with E-state index in [-0.39, 0.29) is 24.8 Å². The second-order valence-corrected chi connectivity index (χ2v) is 4.16. The summed E-state index contributed by atoms with van der Waals surface area (Å²) < 4.78 is 5.23. The number of nitrogens with zero attached hydrogens (tertiary/aromatic N) is 1. The summed E-state index contributed by atoms with van der Waals surface area (Å²) in [6, 6.07) is 8.95. The molecule has 20 heavy (non-hydrogen) atoms. The van der Waals surface area contributed by atoms with E-state index in [1.165, 1.54) is 5.01 Å². The molecule has 1 aromatic carbocycles. The summed E-state index contributed by atoms with van der Waals surface area (Å²) in [5.41, 5.74) is 3.19. The Balaban J connectivity index is 2.78. The SMILES string of the molecule is C=CCOC(C)C(=O)NN(C(=O)CC)c1ccccc1. The molecule has 5 nitrogen and oxygen atoms in total. The van der Waals surface area contributed by atoms with Gasteiger partial charge in [-0.25, -0.2) is 5.01 Å². The molecule has 0 saturated carbocycles. The van der Waals surface area contributed by atoms with Gasteiger partial charge in [-0.1, -0.05) is 31.2 Å². The average Bonchev–Trinajstić information content (AvgIpc) is 2.49. The summed E-state index contributed by atoms with van der Waals surface area (Å²) in [4.78, 5) is 23.9. The van der Waals surface area contributed by atoms with E-state index in [1.807, 2.05) is 6.07 Å². The van der Waals surface area contributed by atoms with Crippen LogP contribution in [0, 0.1) is 0 Å². The van der Waals surface area contributed by atoms with Gasteiger partial charge in [0.1, 0.15) is 6.10 Å². The molecule has 108 valence electrons. The molecule has 0 bridgehead atoms. The maximum absolute atomic E-state index is 12.0. The number of rotatable bonds is 6. The van der Waals surface area contributed by atoms with E-state index in [9.17, 15) is 9.59 Å². The van der Waals surface area contributed by atoms with Crippen molar-refractivity contribution in [2.75, 3.05) is 11.6 Å². The van der Waals surface area contributed by atoms with Gasteiger partial charge in [0.15, 0.2) is 0 Å². The van der Waals surface area contributed by atoms with Gasteiger partial charge >= 0.3 is 0 Å². The third-order valence-corrected chi connectivity index (χ3v) is 2.62. The topological polar surface area (TPSA) is 58.6 Å². The van der Waals surface area contributed by atoms with Crippen LogP contribution in [0.4, 0.5) is 5.69 Å². The second kappa shape index (κ2) is 8.12. The fraction of sp³-hybridized carbons (Fsp3) is 0.333. The second-order valence-electron chi connectivity index (χ2n) is 4.16. The molecule has 1 unspecified atom stereocenters. The summed E-state index contributed by atoms with van der Waals surface area (Å²) in [5, 5.41) is 1.25. The monoisotopic (exact) mass is 276 g/mol. The molecule has 0 aliphatic carbocycles. The first-order valence-corrected chi connectivity index (χ1v) is 6.51. The lowest BCUT2D eigenvalue weighted by Crippen LogP contribution is -2.50. The van der Waals surface area contributed by atoms with E-state index in [2.05, 4.69) is 12.0 Å². The largest absolute Gasteiger partial charge is 0.365 e. The standard InChI is InChI=1S/C15H20N2O3/c1-4-11-20-12(3)15(19)16-17(14(18)5-2)13-9-7-6-8-10-13/h4,6-10,12H,1,5,11H2,2-3H3,(H,16,19). The van der Waals surface area contributed by atoms with Crippen LogP contribution in [0.1, 0.15) is 20.3 Å². The number of amides is 2. The van der Waals surface area contributed by atoms with Crippen molar-refractivity contribution in [2.45, 2.75) is 26.4 Å². The zero-order valence-corrected chi connectivity index (χ0v) is 11.8. The highest BCUT2D eigenvalue weighted by atomic mass is 16.5. The Morgan fingerprint density at radius 3 is 2.60 bits per heavy atom. The van der Waals surface area contributed by atoms with Crippen LogP contribution in [0.25, 0.3) is 0 Å². The highest BCUT2D eigenvalue weighted by Crippen LogP contribution is 2.12. The molecule has 0 spiro atoms. The molecule has 0 heterocycles. The lowest BCUT2D eigenvalue weighted by molar-refractivity contribution is -0.133. The number of para-hydroxylation sites is 1. The lowest BCUT2D eigenvalue weighted by atomic mass is 10.3. The molecular formula is C15H20N2O3. The van der Waals surface area contributed by atoms with E-state index >= 15 is 0 Å². The van der Waals surface area contributed by atoms with Crippen molar-refractivity contribution in [3.63, 3.8) is 0 Å².